The van der Waals surface area contributed by atoms with Crippen LogP contribution in [0.2, 0.25) is 0 Å². The van der Waals surface area contributed by atoms with Crippen molar-refractivity contribution in [3.8, 4) is 0 Å². The highest BCUT2D eigenvalue weighted by Crippen LogP contribution is 2.15. The van der Waals surface area contributed by atoms with E-state index in [1.54, 1.807) is 0 Å². The van der Waals surface area contributed by atoms with E-state index in [9.17, 15) is 4.21 Å². The third-order valence-corrected chi connectivity index (χ3v) is 4.43. The van der Waals surface area contributed by atoms with Gasteiger partial charge < -0.3 is 5.32 Å². The first-order valence-electron chi connectivity index (χ1n) is 6.40. The van der Waals surface area contributed by atoms with Crippen LogP contribution in [-0.2, 0) is 16.6 Å². The van der Waals surface area contributed by atoms with Crippen molar-refractivity contribution in [1.82, 2.24) is 5.32 Å². The smallest absolute Gasteiger partial charge is 0.0486 e. The van der Waals surface area contributed by atoms with E-state index in [1.807, 2.05) is 55.6 Å². The SMILES string of the molecule is CNC(CS(=O)Cc1ccccc1)c1ccccc1. The van der Waals surface area contributed by atoms with Crippen LogP contribution in [0.1, 0.15) is 17.2 Å². The average molecular weight is 273 g/mol. The Labute approximate surface area is 117 Å². The van der Waals surface area contributed by atoms with E-state index in [1.165, 1.54) is 5.56 Å². The Kier molecular flexibility index (Phi) is 5.31. The standard InChI is InChI=1S/C16H19NOS/c1-17-16(15-10-6-3-7-11-15)13-19(18)12-14-8-4-2-5-9-14/h2-11,16-17H,12-13H2,1H3. The van der Waals surface area contributed by atoms with Gasteiger partial charge >= 0.3 is 0 Å². The molecule has 0 bridgehead atoms. The monoisotopic (exact) mass is 273 g/mol. The Morgan fingerprint density at radius 2 is 1.58 bits per heavy atom. The number of hydrogen-bond donors (Lipinski definition) is 1. The summed E-state index contributed by atoms with van der Waals surface area (Å²) in [6, 6.07) is 20.3. The Morgan fingerprint density at radius 1 is 1.00 bits per heavy atom. The molecule has 2 nitrogen and oxygen atoms in total. The highest BCUT2D eigenvalue weighted by Gasteiger charge is 2.13. The molecule has 100 valence electrons. The molecule has 0 saturated carbocycles. The Balaban J connectivity index is 1.97. The second kappa shape index (κ2) is 7.22. The highest BCUT2D eigenvalue weighted by molar-refractivity contribution is 7.84. The molecular formula is C16H19NOS. The first kappa shape index (κ1) is 14.0. The molecule has 0 spiro atoms. The van der Waals surface area contributed by atoms with Crippen molar-refractivity contribution in [3.63, 3.8) is 0 Å². The summed E-state index contributed by atoms with van der Waals surface area (Å²) in [5, 5.41) is 3.24. The van der Waals surface area contributed by atoms with Crippen molar-refractivity contribution in [2.24, 2.45) is 0 Å². The van der Waals surface area contributed by atoms with Crippen LogP contribution in [0.5, 0.6) is 0 Å². The number of rotatable bonds is 6. The van der Waals surface area contributed by atoms with Crippen molar-refractivity contribution in [1.29, 1.82) is 0 Å². The van der Waals surface area contributed by atoms with Gasteiger partial charge in [-0.25, -0.2) is 0 Å². The minimum Gasteiger partial charge on any atom is -0.312 e. The quantitative estimate of drug-likeness (QED) is 0.877. The lowest BCUT2D eigenvalue weighted by Gasteiger charge is -2.16. The Bertz CT molecular complexity index is 513. The van der Waals surface area contributed by atoms with Crippen molar-refractivity contribution >= 4 is 10.8 Å². The van der Waals surface area contributed by atoms with Gasteiger partial charge in [-0.15, -0.1) is 0 Å². The first-order chi connectivity index (χ1) is 9.29. The maximum Gasteiger partial charge on any atom is 0.0486 e. The molecule has 2 unspecified atom stereocenters. The van der Waals surface area contributed by atoms with Gasteiger partial charge in [0.2, 0.25) is 0 Å². The van der Waals surface area contributed by atoms with Crippen molar-refractivity contribution in [2.75, 3.05) is 12.8 Å². The molecule has 0 aliphatic rings. The lowest BCUT2D eigenvalue weighted by atomic mass is 10.1. The van der Waals surface area contributed by atoms with Crippen molar-refractivity contribution in [2.45, 2.75) is 11.8 Å². The molecule has 3 heteroatoms. The normalized spacial score (nSPS) is 13.9. The zero-order chi connectivity index (χ0) is 13.5. The summed E-state index contributed by atoms with van der Waals surface area (Å²) in [5.41, 5.74) is 2.31. The van der Waals surface area contributed by atoms with Crippen LogP contribution in [0.3, 0.4) is 0 Å². The molecular weight excluding hydrogens is 254 g/mol. The van der Waals surface area contributed by atoms with E-state index in [0.29, 0.717) is 11.5 Å². The maximum absolute atomic E-state index is 12.2. The molecule has 0 heterocycles. The molecule has 1 N–H and O–H groups in total. The van der Waals surface area contributed by atoms with Crippen LogP contribution in [-0.4, -0.2) is 17.0 Å². The van der Waals surface area contributed by atoms with E-state index in [-0.39, 0.29) is 6.04 Å². The van der Waals surface area contributed by atoms with Crippen LogP contribution in [0.25, 0.3) is 0 Å². The Morgan fingerprint density at radius 3 is 2.16 bits per heavy atom. The van der Waals surface area contributed by atoms with Gasteiger partial charge in [0.15, 0.2) is 0 Å². The second-order valence-electron chi connectivity index (χ2n) is 4.49. The number of benzene rings is 2. The fourth-order valence-electron chi connectivity index (χ4n) is 2.04. The number of nitrogens with one attached hydrogen (secondary N) is 1. The molecule has 19 heavy (non-hydrogen) atoms. The second-order valence-corrected chi connectivity index (χ2v) is 5.99. The zero-order valence-electron chi connectivity index (χ0n) is 11.1. The summed E-state index contributed by atoms with van der Waals surface area (Å²) >= 11 is 0. The molecule has 0 aliphatic heterocycles. The topological polar surface area (TPSA) is 29.1 Å². The molecule has 2 rings (SSSR count). The molecule has 0 amide bonds. The maximum atomic E-state index is 12.2. The minimum atomic E-state index is -0.864. The molecule has 2 atom stereocenters. The fourth-order valence-corrected chi connectivity index (χ4v) is 3.45. The van der Waals surface area contributed by atoms with E-state index in [4.69, 9.17) is 0 Å². The van der Waals surface area contributed by atoms with Crippen LogP contribution >= 0.6 is 0 Å². The summed E-state index contributed by atoms with van der Waals surface area (Å²) < 4.78 is 12.2. The predicted molar refractivity (Wildman–Crippen MR) is 81.4 cm³/mol. The third-order valence-electron chi connectivity index (χ3n) is 3.07. The minimum absolute atomic E-state index is 0.144. The molecule has 0 aliphatic carbocycles. The molecule has 0 fully saturated rings. The van der Waals surface area contributed by atoms with Crippen LogP contribution in [0, 0.1) is 0 Å². The molecule has 0 saturated heterocycles. The third kappa shape index (κ3) is 4.30. The van der Waals surface area contributed by atoms with Gasteiger partial charge in [0.1, 0.15) is 0 Å². The number of hydrogen-bond acceptors (Lipinski definition) is 2. The molecule has 0 radical (unpaired) electrons. The van der Waals surface area contributed by atoms with E-state index in [2.05, 4.69) is 17.4 Å². The van der Waals surface area contributed by atoms with E-state index >= 15 is 0 Å². The summed E-state index contributed by atoms with van der Waals surface area (Å²) in [6.45, 7) is 0. The fraction of sp³-hybridized carbons (Fsp3) is 0.250. The largest absolute Gasteiger partial charge is 0.312 e. The summed E-state index contributed by atoms with van der Waals surface area (Å²) in [6.07, 6.45) is 0. The molecule has 0 aromatic heterocycles. The molecule has 2 aromatic rings. The highest BCUT2D eigenvalue weighted by atomic mass is 32.2. The van der Waals surface area contributed by atoms with Gasteiger partial charge in [-0.1, -0.05) is 60.7 Å². The summed E-state index contributed by atoms with van der Waals surface area (Å²) in [5.74, 6) is 1.25. The average Bonchev–Trinajstić information content (AvgIpc) is 2.47. The predicted octanol–water partition coefficient (Wildman–Crippen LogP) is 2.90. The van der Waals surface area contributed by atoms with Crippen molar-refractivity contribution < 1.29 is 4.21 Å². The van der Waals surface area contributed by atoms with Crippen molar-refractivity contribution in [3.05, 3.63) is 71.8 Å². The van der Waals surface area contributed by atoms with Gasteiger partial charge in [0, 0.05) is 28.3 Å². The summed E-state index contributed by atoms with van der Waals surface area (Å²) in [7, 11) is 1.05. The van der Waals surface area contributed by atoms with E-state index in [0.717, 1.165) is 5.56 Å². The van der Waals surface area contributed by atoms with Gasteiger partial charge in [-0.3, -0.25) is 4.21 Å². The van der Waals surface area contributed by atoms with Crippen LogP contribution < -0.4 is 5.32 Å². The first-order valence-corrected chi connectivity index (χ1v) is 7.89. The van der Waals surface area contributed by atoms with Gasteiger partial charge in [0.25, 0.3) is 0 Å². The Hall–Kier alpha value is -1.45. The zero-order valence-corrected chi connectivity index (χ0v) is 11.9. The van der Waals surface area contributed by atoms with Gasteiger partial charge in [-0.05, 0) is 18.2 Å². The van der Waals surface area contributed by atoms with Crippen LogP contribution in [0.15, 0.2) is 60.7 Å². The van der Waals surface area contributed by atoms with E-state index < -0.39 is 10.8 Å². The summed E-state index contributed by atoms with van der Waals surface area (Å²) in [4.78, 5) is 0. The van der Waals surface area contributed by atoms with Crippen LogP contribution in [0.4, 0.5) is 0 Å². The molecule has 2 aromatic carbocycles. The lowest BCUT2D eigenvalue weighted by molar-refractivity contribution is 0.635. The van der Waals surface area contributed by atoms with Gasteiger partial charge in [0.05, 0.1) is 0 Å². The lowest BCUT2D eigenvalue weighted by Crippen LogP contribution is -2.23. The van der Waals surface area contributed by atoms with Gasteiger partial charge in [-0.2, -0.15) is 0 Å².